The van der Waals surface area contributed by atoms with Gasteiger partial charge < -0.3 is 8.22 Å². The van der Waals surface area contributed by atoms with Crippen LogP contribution in [0.5, 0.6) is 0 Å². The zero-order valence-corrected chi connectivity index (χ0v) is 18.0. The Bertz CT molecular complexity index is 873. The number of hydrogen-bond donors (Lipinski definition) is 0. The van der Waals surface area contributed by atoms with Gasteiger partial charge in [0, 0.05) is 5.67 Å². The first-order chi connectivity index (χ1) is 14.1. The minimum atomic E-state index is -3.82. The molecule has 0 N–H and O–H groups in total. The molecule has 4 aromatic rings. The van der Waals surface area contributed by atoms with Gasteiger partial charge in [-0.05, 0) is 20.7 Å². The summed E-state index contributed by atoms with van der Waals surface area (Å²) in [6.07, 6.45) is 0. The van der Waals surface area contributed by atoms with Crippen LogP contribution in [0.2, 0.25) is 5.67 Å². The average molecular weight is 417 g/mol. The lowest BCUT2D eigenvalue weighted by atomic mass is 10.4. The topological polar surface area (TPSA) is 0 Å². The van der Waals surface area contributed by atoms with Crippen LogP contribution in [0.15, 0.2) is 121 Å². The van der Waals surface area contributed by atoms with Crippen molar-refractivity contribution in [3.63, 3.8) is 0 Å². The summed E-state index contributed by atoms with van der Waals surface area (Å²) in [5, 5.41) is 2.47. The summed E-state index contributed by atoms with van der Waals surface area (Å²) in [6.45, 7) is 0. The van der Waals surface area contributed by atoms with Gasteiger partial charge >= 0.3 is 16.8 Å². The van der Waals surface area contributed by atoms with E-state index in [1.807, 2.05) is 121 Å². The van der Waals surface area contributed by atoms with Crippen molar-refractivity contribution < 1.29 is 8.22 Å². The van der Waals surface area contributed by atoms with Crippen LogP contribution in [0.3, 0.4) is 0 Å². The zero-order valence-electron chi connectivity index (χ0n) is 16.0. The van der Waals surface area contributed by atoms with E-state index in [1.54, 1.807) is 0 Å². The molecule has 0 aromatic heterocycles. The standard InChI is InChI=1S/C25H22F2Si2/c26-28(22-13-5-1-6-14-22,23-15-7-2-8-16-23)21-29(27,24-17-9-3-10-18-24)25-19-11-4-12-20-25/h1-20H,21H2. The van der Waals surface area contributed by atoms with E-state index >= 15 is 8.22 Å². The Morgan fingerprint density at radius 1 is 0.379 bits per heavy atom. The van der Waals surface area contributed by atoms with Gasteiger partial charge in [0.15, 0.2) is 0 Å². The lowest BCUT2D eigenvalue weighted by molar-refractivity contribution is 0.793. The number of rotatable bonds is 6. The average Bonchev–Trinajstić information content (AvgIpc) is 2.81. The molecule has 4 heteroatoms. The van der Waals surface area contributed by atoms with Crippen molar-refractivity contribution in [2.24, 2.45) is 0 Å². The summed E-state index contributed by atoms with van der Waals surface area (Å²) in [7, 11) is -7.63. The third-order valence-corrected chi connectivity index (χ3v) is 14.3. The van der Waals surface area contributed by atoms with Gasteiger partial charge in [-0.15, -0.1) is 0 Å². The molecule has 0 unspecified atom stereocenters. The molecule has 0 bridgehead atoms. The SMILES string of the molecule is F[Si](C[Si](F)(c1ccccc1)c1ccccc1)(c1ccccc1)c1ccccc1. The summed E-state index contributed by atoms with van der Waals surface area (Å²) >= 11 is 0. The lowest BCUT2D eigenvalue weighted by Crippen LogP contribution is -2.66. The van der Waals surface area contributed by atoms with Crippen LogP contribution >= 0.6 is 0 Å². The summed E-state index contributed by atoms with van der Waals surface area (Å²) < 4.78 is 34.1. The second kappa shape index (κ2) is 8.27. The van der Waals surface area contributed by atoms with Crippen molar-refractivity contribution in [3.8, 4) is 0 Å². The van der Waals surface area contributed by atoms with Gasteiger partial charge in [-0.25, -0.2) is 0 Å². The van der Waals surface area contributed by atoms with Crippen molar-refractivity contribution >= 4 is 37.6 Å². The van der Waals surface area contributed by atoms with Crippen LogP contribution in [0.1, 0.15) is 0 Å². The fraction of sp³-hybridized carbons (Fsp3) is 0.0400. The fourth-order valence-electron chi connectivity index (χ4n) is 3.89. The van der Waals surface area contributed by atoms with Crippen LogP contribution < -0.4 is 20.7 Å². The van der Waals surface area contributed by atoms with Gasteiger partial charge in [0.25, 0.3) is 0 Å². The van der Waals surface area contributed by atoms with E-state index in [0.29, 0.717) is 20.7 Å². The Labute approximate surface area is 172 Å². The molecule has 0 aliphatic heterocycles. The predicted molar refractivity (Wildman–Crippen MR) is 123 cm³/mol. The first-order valence-electron chi connectivity index (χ1n) is 9.73. The van der Waals surface area contributed by atoms with Gasteiger partial charge in [-0.1, -0.05) is 121 Å². The smallest absolute Gasteiger partial charge is 0.302 e. The number of hydrogen-bond acceptors (Lipinski definition) is 0. The third-order valence-electron chi connectivity index (χ3n) is 5.41. The molecule has 0 saturated carbocycles. The molecule has 0 spiro atoms. The van der Waals surface area contributed by atoms with Gasteiger partial charge in [0.2, 0.25) is 0 Å². The first-order valence-corrected chi connectivity index (χ1v) is 13.9. The van der Waals surface area contributed by atoms with E-state index in [4.69, 9.17) is 0 Å². The molecule has 0 radical (unpaired) electrons. The largest absolute Gasteiger partial charge is 0.309 e. The van der Waals surface area contributed by atoms with E-state index in [-0.39, 0.29) is 5.67 Å². The maximum absolute atomic E-state index is 17.1. The highest BCUT2D eigenvalue weighted by Crippen LogP contribution is 2.23. The highest BCUT2D eigenvalue weighted by Gasteiger charge is 2.51. The highest BCUT2D eigenvalue weighted by molar-refractivity contribution is 7.12. The van der Waals surface area contributed by atoms with Crippen LogP contribution in [-0.4, -0.2) is 16.8 Å². The lowest BCUT2D eigenvalue weighted by Gasteiger charge is -2.32. The summed E-state index contributed by atoms with van der Waals surface area (Å²) in [4.78, 5) is 0. The normalized spacial score (nSPS) is 11.9. The Hall–Kier alpha value is -2.83. The summed E-state index contributed by atoms with van der Waals surface area (Å²) in [5.41, 5.74) is -0.0813. The Morgan fingerprint density at radius 3 is 0.793 bits per heavy atom. The van der Waals surface area contributed by atoms with Gasteiger partial charge in [0.1, 0.15) is 0 Å². The van der Waals surface area contributed by atoms with Crippen molar-refractivity contribution in [3.05, 3.63) is 121 Å². The van der Waals surface area contributed by atoms with Gasteiger partial charge in [-0.3, -0.25) is 0 Å². The minimum Gasteiger partial charge on any atom is -0.302 e. The Balaban J connectivity index is 1.91. The van der Waals surface area contributed by atoms with Crippen molar-refractivity contribution in [2.45, 2.75) is 5.67 Å². The molecule has 0 nitrogen and oxygen atoms in total. The number of benzene rings is 4. The molecule has 144 valence electrons. The third kappa shape index (κ3) is 3.86. The van der Waals surface area contributed by atoms with Crippen molar-refractivity contribution in [2.75, 3.05) is 0 Å². The molecule has 0 heterocycles. The number of halogens is 2. The maximum atomic E-state index is 17.1. The van der Waals surface area contributed by atoms with E-state index in [0.717, 1.165) is 0 Å². The Morgan fingerprint density at radius 2 is 0.586 bits per heavy atom. The quantitative estimate of drug-likeness (QED) is 0.329. The molecule has 0 aliphatic carbocycles. The molecule has 4 aromatic carbocycles. The fourth-order valence-corrected chi connectivity index (χ4v) is 13.4. The highest BCUT2D eigenvalue weighted by atomic mass is 28.4. The molecule has 4 rings (SSSR count). The van der Waals surface area contributed by atoms with Crippen LogP contribution in [0.25, 0.3) is 0 Å². The predicted octanol–water partition coefficient (Wildman–Crippen LogP) is 3.98. The Kier molecular flexibility index (Phi) is 5.56. The molecular formula is C25H22F2Si2. The molecule has 0 fully saturated rings. The molecule has 0 saturated heterocycles. The monoisotopic (exact) mass is 416 g/mol. The molecule has 0 atom stereocenters. The van der Waals surface area contributed by atoms with Crippen LogP contribution in [-0.2, 0) is 0 Å². The molecular weight excluding hydrogens is 394 g/mol. The van der Waals surface area contributed by atoms with E-state index in [1.165, 1.54) is 0 Å². The van der Waals surface area contributed by atoms with Crippen LogP contribution in [0, 0.1) is 0 Å². The van der Waals surface area contributed by atoms with Crippen LogP contribution in [0.4, 0.5) is 8.22 Å². The van der Waals surface area contributed by atoms with Crippen molar-refractivity contribution in [1.82, 2.24) is 0 Å². The summed E-state index contributed by atoms with van der Waals surface area (Å²) in [6, 6.07) is 36.7. The molecule has 0 aliphatic rings. The summed E-state index contributed by atoms with van der Waals surface area (Å²) in [5.74, 6) is 0. The second-order valence-electron chi connectivity index (χ2n) is 7.24. The maximum Gasteiger partial charge on any atom is 0.309 e. The van der Waals surface area contributed by atoms with E-state index in [9.17, 15) is 0 Å². The minimum absolute atomic E-state index is 0.0813. The van der Waals surface area contributed by atoms with Gasteiger partial charge in [-0.2, -0.15) is 0 Å². The van der Waals surface area contributed by atoms with Gasteiger partial charge in [0.05, 0.1) is 0 Å². The zero-order chi connectivity index (χ0) is 20.2. The van der Waals surface area contributed by atoms with E-state index < -0.39 is 16.8 Å². The second-order valence-corrected chi connectivity index (χ2v) is 14.2. The molecule has 29 heavy (non-hydrogen) atoms. The van der Waals surface area contributed by atoms with Crippen molar-refractivity contribution in [1.29, 1.82) is 0 Å². The van der Waals surface area contributed by atoms with E-state index in [2.05, 4.69) is 0 Å². The first kappa shape index (κ1) is 19.5. The molecule has 0 amide bonds.